The van der Waals surface area contributed by atoms with Crippen molar-refractivity contribution in [2.75, 3.05) is 19.7 Å². The van der Waals surface area contributed by atoms with Crippen LogP contribution in [0.3, 0.4) is 0 Å². The zero-order valence-corrected chi connectivity index (χ0v) is 18.6. The fourth-order valence-electron chi connectivity index (χ4n) is 4.10. The SMILES string of the molecule is CCOC(=O)CCC(=O)N(Cc1cccc(C)n1)C1CCN(Cc2ccccc2)CC1. The summed E-state index contributed by atoms with van der Waals surface area (Å²) in [6.45, 7) is 7.38. The molecule has 0 radical (unpaired) electrons. The first-order chi connectivity index (χ1) is 15.0. The number of aromatic nitrogens is 1. The Bertz CT molecular complexity index is 848. The predicted octanol–water partition coefficient (Wildman–Crippen LogP) is 3.73. The number of likely N-dealkylation sites (tertiary alicyclic amines) is 1. The number of piperidine rings is 1. The van der Waals surface area contributed by atoms with Gasteiger partial charge in [0.1, 0.15) is 0 Å². The molecule has 6 heteroatoms. The maximum atomic E-state index is 13.1. The normalized spacial score (nSPS) is 14.9. The van der Waals surface area contributed by atoms with Gasteiger partial charge < -0.3 is 9.64 Å². The second-order valence-electron chi connectivity index (χ2n) is 8.09. The molecule has 166 valence electrons. The third kappa shape index (κ3) is 7.17. The van der Waals surface area contributed by atoms with Crippen molar-refractivity contribution in [2.45, 2.75) is 58.7 Å². The predicted molar refractivity (Wildman–Crippen MR) is 120 cm³/mol. The summed E-state index contributed by atoms with van der Waals surface area (Å²) >= 11 is 0. The fraction of sp³-hybridized carbons (Fsp3) is 0.480. The van der Waals surface area contributed by atoms with E-state index in [9.17, 15) is 9.59 Å². The molecule has 1 aromatic heterocycles. The first kappa shape index (κ1) is 22.9. The molecule has 0 bridgehead atoms. The molecule has 0 unspecified atom stereocenters. The summed E-state index contributed by atoms with van der Waals surface area (Å²) in [5.74, 6) is -0.319. The van der Waals surface area contributed by atoms with Crippen LogP contribution < -0.4 is 0 Å². The molecule has 1 aliphatic rings. The van der Waals surface area contributed by atoms with Crippen LogP contribution in [0.1, 0.15) is 49.6 Å². The van der Waals surface area contributed by atoms with Crippen molar-refractivity contribution in [3.05, 3.63) is 65.5 Å². The van der Waals surface area contributed by atoms with Crippen molar-refractivity contribution >= 4 is 11.9 Å². The molecule has 1 aliphatic heterocycles. The molecule has 31 heavy (non-hydrogen) atoms. The lowest BCUT2D eigenvalue weighted by Gasteiger charge is -2.38. The first-order valence-corrected chi connectivity index (χ1v) is 11.2. The van der Waals surface area contributed by atoms with Gasteiger partial charge in [0.15, 0.2) is 0 Å². The zero-order valence-electron chi connectivity index (χ0n) is 18.6. The van der Waals surface area contributed by atoms with Crippen molar-refractivity contribution in [1.29, 1.82) is 0 Å². The van der Waals surface area contributed by atoms with Gasteiger partial charge in [-0.05, 0) is 44.4 Å². The largest absolute Gasteiger partial charge is 0.466 e. The monoisotopic (exact) mass is 423 g/mol. The number of benzene rings is 1. The molecule has 2 heterocycles. The Kier molecular flexibility index (Phi) is 8.59. The van der Waals surface area contributed by atoms with Crippen LogP contribution in [0.5, 0.6) is 0 Å². The second kappa shape index (κ2) is 11.6. The number of ether oxygens (including phenoxy) is 1. The van der Waals surface area contributed by atoms with Gasteiger partial charge >= 0.3 is 5.97 Å². The topological polar surface area (TPSA) is 62.7 Å². The first-order valence-electron chi connectivity index (χ1n) is 11.2. The maximum absolute atomic E-state index is 13.1. The van der Waals surface area contributed by atoms with E-state index in [0.29, 0.717) is 13.2 Å². The van der Waals surface area contributed by atoms with Crippen LogP contribution in [0.15, 0.2) is 48.5 Å². The quantitative estimate of drug-likeness (QED) is 0.575. The van der Waals surface area contributed by atoms with E-state index >= 15 is 0 Å². The third-order valence-electron chi connectivity index (χ3n) is 5.69. The highest BCUT2D eigenvalue weighted by molar-refractivity contribution is 5.81. The summed E-state index contributed by atoms with van der Waals surface area (Å²) in [4.78, 5) is 33.8. The minimum Gasteiger partial charge on any atom is -0.466 e. The van der Waals surface area contributed by atoms with Crippen LogP contribution >= 0.6 is 0 Å². The Morgan fingerprint density at radius 3 is 2.48 bits per heavy atom. The van der Waals surface area contributed by atoms with Gasteiger partial charge in [-0.2, -0.15) is 0 Å². The van der Waals surface area contributed by atoms with E-state index in [1.165, 1.54) is 5.56 Å². The molecule has 1 saturated heterocycles. The smallest absolute Gasteiger partial charge is 0.306 e. The minimum absolute atomic E-state index is 0.00197. The molecule has 3 rings (SSSR count). The number of aryl methyl sites for hydroxylation is 1. The number of carbonyl (C=O) groups is 2. The van der Waals surface area contributed by atoms with Gasteiger partial charge in [0.25, 0.3) is 0 Å². The van der Waals surface area contributed by atoms with Gasteiger partial charge in [-0.15, -0.1) is 0 Å². The Morgan fingerprint density at radius 2 is 1.81 bits per heavy atom. The van der Waals surface area contributed by atoms with Gasteiger partial charge in [0, 0.05) is 37.8 Å². The summed E-state index contributed by atoms with van der Waals surface area (Å²) in [6, 6.07) is 16.5. The van der Waals surface area contributed by atoms with Crippen LogP contribution in [0, 0.1) is 6.92 Å². The number of hydrogen-bond donors (Lipinski definition) is 0. The van der Waals surface area contributed by atoms with E-state index in [2.05, 4.69) is 34.1 Å². The van der Waals surface area contributed by atoms with E-state index < -0.39 is 0 Å². The Morgan fingerprint density at radius 1 is 1.06 bits per heavy atom. The highest BCUT2D eigenvalue weighted by Crippen LogP contribution is 2.21. The van der Waals surface area contributed by atoms with Crippen molar-refractivity contribution in [3.63, 3.8) is 0 Å². The van der Waals surface area contributed by atoms with Crippen molar-refractivity contribution in [3.8, 4) is 0 Å². The lowest BCUT2D eigenvalue weighted by Crippen LogP contribution is -2.47. The standard InChI is InChI=1S/C25H33N3O3/c1-3-31-25(30)13-12-24(29)28(19-22-11-7-8-20(2)26-22)23-14-16-27(17-15-23)18-21-9-5-4-6-10-21/h4-11,23H,3,12-19H2,1-2H3. The van der Waals surface area contributed by atoms with E-state index in [-0.39, 0.29) is 30.8 Å². The molecular formula is C25H33N3O3. The summed E-state index contributed by atoms with van der Waals surface area (Å²) in [6.07, 6.45) is 2.14. The maximum Gasteiger partial charge on any atom is 0.306 e. The van der Waals surface area contributed by atoms with Crippen LogP contribution in [0.4, 0.5) is 0 Å². The minimum atomic E-state index is -0.317. The molecule has 2 aromatic rings. The van der Waals surface area contributed by atoms with Crippen LogP contribution in [-0.4, -0.2) is 52.4 Å². The molecule has 0 atom stereocenters. The van der Waals surface area contributed by atoms with Gasteiger partial charge in [0.2, 0.25) is 5.91 Å². The van der Waals surface area contributed by atoms with E-state index in [1.807, 2.05) is 36.1 Å². The molecule has 1 amide bonds. The second-order valence-corrected chi connectivity index (χ2v) is 8.09. The number of amides is 1. The highest BCUT2D eigenvalue weighted by Gasteiger charge is 2.28. The average Bonchev–Trinajstić information content (AvgIpc) is 2.77. The molecule has 0 N–H and O–H groups in total. The molecule has 1 fully saturated rings. The van der Waals surface area contributed by atoms with Crippen LogP contribution in [0.2, 0.25) is 0 Å². The lowest BCUT2D eigenvalue weighted by atomic mass is 10.0. The Balaban J connectivity index is 1.63. The summed E-state index contributed by atoms with van der Waals surface area (Å²) in [5, 5.41) is 0. The zero-order chi connectivity index (χ0) is 22.1. The molecular weight excluding hydrogens is 390 g/mol. The average molecular weight is 424 g/mol. The number of hydrogen-bond acceptors (Lipinski definition) is 5. The molecule has 0 spiro atoms. The number of pyridine rings is 1. The van der Waals surface area contributed by atoms with Gasteiger partial charge in [-0.1, -0.05) is 36.4 Å². The molecule has 6 nitrogen and oxygen atoms in total. The molecule has 0 aliphatic carbocycles. The van der Waals surface area contributed by atoms with Crippen molar-refractivity contribution in [2.24, 2.45) is 0 Å². The van der Waals surface area contributed by atoms with Crippen LogP contribution in [0.25, 0.3) is 0 Å². The van der Waals surface area contributed by atoms with Crippen molar-refractivity contribution < 1.29 is 14.3 Å². The van der Waals surface area contributed by atoms with Crippen LogP contribution in [-0.2, 0) is 27.4 Å². The molecule has 0 saturated carbocycles. The van der Waals surface area contributed by atoms with Crippen molar-refractivity contribution in [1.82, 2.24) is 14.8 Å². The van der Waals surface area contributed by atoms with Gasteiger partial charge in [0.05, 0.1) is 25.3 Å². The number of carbonyl (C=O) groups excluding carboxylic acids is 2. The van der Waals surface area contributed by atoms with Gasteiger partial charge in [-0.25, -0.2) is 0 Å². The summed E-state index contributed by atoms with van der Waals surface area (Å²) in [7, 11) is 0. The summed E-state index contributed by atoms with van der Waals surface area (Å²) < 4.78 is 4.99. The number of rotatable bonds is 9. The number of esters is 1. The highest BCUT2D eigenvalue weighted by atomic mass is 16.5. The molecule has 1 aromatic carbocycles. The third-order valence-corrected chi connectivity index (χ3v) is 5.69. The Labute approximate surface area is 185 Å². The Hall–Kier alpha value is -2.73. The lowest BCUT2D eigenvalue weighted by molar-refractivity contribution is -0.146. The van der Waals surface area contributed by atoms with Gasteiger partial charge in [-0.3, -0.25) is 19.5 Å². The summed E-state index contributed by atoms with van der Waals surface area (Å²) in [5.41, 5.74) is 3.14. The van der Waals surface area contributed by atoms with E-state index in [0.717, 1.165) is 43.9 Å². The fourth-order valence-corrected chi connectivity index (χ4v) is 4.10. The number of nitrogens with zero attached hydrogens (tertiary/aromatic N) is 3. The van der Waals surface area contributed by atoms with E-state index in [4.69, 9.17) is 4.74 Å². The van der Waals surface area contributed by atoms with E-state index in [1.54, 1.807) is 6.92 Å².